The average molecular weight is 450 g/mol. The van der Waals surface area contributed by atoms with Gasteiger partial charge in [-0.1, -0.05) is 30.3 Å². The Hall–Kier alpha value is -3.02. The minimum Gasteiger partial charge on any atom is -0.444 e. The number of carbonyl (C=O) groups is 2. The Morgan fingerprint density at radius 1 is 1.09 bits per heavy atom. The van der Waals surface area contributed by atoms with Crippen molar-refractivity contribution in [2.75, 3.05) is 25.0 Å². The first-order valence-electron chi connectivity index (χ1n) is 12.0. The van der Waals surface area contributed by atoms with Crippen molar-refractivity contribution in [3.05, 3.63) is 65.2 Å². The Bertz CT molecular complexity index is 1010. The molecule has 2 heterocycles. The molecular formula is C27H35N3O3. The van der Waals surface area contributed by atoms with Crippen LogP contribution >= 0.6 is 0 Å². The first-order chi connectivity index (χ1) is 15.7. The highest BCUT2D eigenvalue weighted by Gasteiger charge is 2.47. The molecule has 6 heteroatoms. The lowest BCUT2D eigenvalue weighted by Gasteiger charge is -2.40. The Morgan fingerprint density at radius 3 is 2.42 bits per heavy atom. The maximum atomic E-state index is 13.2. The van der Waals surface area contributed by atoms with E-state index in [9.17, 15) is 9.59 Å². The van der Waals surface area contributed by atoms with E-state index in [-0.39, 0.29) is 30.0 Å². The highest BCUT2D eigenvalue weighted by molar-refractivity contribution is 5.95. The standard InChI is InChI=1S/C27H35N3O3/c1-6-29(7-2)25(31)19-13-14-22-21(17-19)24-20(23(28-22)18-11-9-8-10-12-18)15-16-30(24)26(32)33-27(3,4)5/h8-14,17,20,23-24,28H,6-7,15-16H2,1-5H3. The molecule has 0 saturated carbocycles. The number of fused-ring (bicyclic) bond motifs is 3. The van der Waals surface area contributed by atoms with Gasteiger partial charge in [0, 0.05) is 36.8 Å². The summed E-state index contributed by atoms with van der Waals surface area (Å²) in [5, 5.41) is 3.71. The molecule has 0 aliphatic carbocycles. The van der Waals surface area contributed by atoms with Crippen LogP contribution in [0.15, 0.2) is 48.5 Å². The lowest BCUT2D eigenvalue weighted by molar-refractivity contribution is 0.0198. The van der Waals surface area contributed by atoms with Crippen LogP contribution < -0.4 is 5.32 Å². The number of carbonyl (C=O) groups excluding carboxylic acids is 2. The summed E-state index contributed by atoms with van der Waals surface area (Å²) in [5.74, 6) is 0.206. The number of anilines is 1. The molecule has 6 nitrogen and oxygen atoms in total. The third-order valence-corrected chi connectivity index (χ3v) is 6.64. The van der Waals surface area contributed by atoms with Gasteiger partial charge in [-0.2, -0.15) is 0 Å². The van der Waals surface area contributed by atoms with Crippen LogP contribution in [0.4, 0.5) is 10.5 Å². The van der Waals surface area contributed by atoms with Gasteiger partial charge < -0.3 is 19.9 Å². The van der Waals surface area contributed by atoms with E-state index in [4.69, 9.17) is 4.74 Å². The minimum absolute atomic E-state index is 0.0198. The zero-order chi connectivity index (χ0) is 23.8. The number of nitrogens with zero attached hydrogens (tertiary/aromatic N) is 2. The third kappa shape index (κ3) is 4.56. The van der Waals surface area contributed by atoms with Gasteiger partial charge in [-0.25, -0.2) is 4.79 Å². The zero-order valence-corrected chi connectivity index (χ0v) is 20.3. The minimum atomic E-state index is -0.565. The summed E-state index contributed by atoms with van der Waals surface area (Å²) >= 11 is 0. The monoisotopic (exact) mass is 449 g/mol. The van der Waals surface area contributed by atoms with Crippen LogP contribution in [-0.2, 0) is 4.74 Å². The van der Waals surface area contributed by atoms with Crippen molar-refractivity contribution in [3.8, 4) is 0 Å². The molecule has 3 unspecified atom stereocenters. The number of hydrogen-bond donors (Lipinski definition) is 1. The zero-order valence-electron chi connectivity index (χ0n) is 20.3. The smallest absolute Gasteiger partial charge is 0.410 e. The van der Waals surface area contributed by atoms with Gasteiger partial charge >= 0.3 is 6.09 Å². The molecule has 1 fully saturated rings. The SMILES string of the molecule is CCN(CC)C(=O)c1ccc2c(c1)C1C(CCN1C(=O)OC(C)(C)C)C(c1ccccc1)N2. The topological polar surface area (TPSA) is 61.9 Å². The number of benzene rings is 2. The van der Waals surface area contributed by atoms with Crippen molar-refractivity contribution in [2.24, 2.45) is 5.92 Å². The Labute approximate surface area is 196 Å². The van der Waals surface area contributed by atoms with E-state index < -0.39 is 5.60 Å². The number of rotatable bonds is 4. The number of hydrogen-bond acceptors (Lipinski definition) is 4. The molecule has 2 aromatic carbocycles. The van der Waals surface area contributed by atoms with Crippen LogP contribution in [0, 0.1) is 5.92 Å². The van der Waals surface area contributed by atoms with E-state index >= 15 is 0 Å². The highest BCUT2D eigenvalue weighted by Crippen LogP contribution is 2.51. The quantitative estimate of drug-likeness (QED) is 0.657. The molecule has 0 radical (unpaired) electrons. The summed E-state index contributed by atoms with van der Waals surface area (Å²) in [5.41, 5.74) is 3.26. The maximum Gasteiger partial charge on any atom is 0.410 e. The summed E-state index contributed by atoms with van der Waals surface area (Å²) < 4.78 is 5.77. The predicted octanol–water partition coefficient (Wildman–Crippen LogP) is 5.63. The molecule has 1 N–H and O–H groups in total. The summed E-state index contributed by atoms with van der Waals surface area (Å²) in [6, 6.07) is 16.2. The van der Waals surface area contributed by atoms with Gasteiger partial charge in [-0.15, -0.1) is 0 Å². The summed E-state index contributed by atoms with van der Waals surface area (Å²) in [7, 11) is 0. The molecular weight excluding hydrogens is 414 g/mol. The second kappa shape index (κ2) is 9.08. The van der Waals surface area contributed by atoms with E-state index in [2.05, 4.69) is 17.4 Å². The third-order valence-electron chi connectivity index (χ3n) is 6.64. The lowest BCUT2D eigenvalue weighted by Crippen LogP contribution is -2.40. The fourth-order valence-corrected chi connectivity index (χ4v) is 5.12. The number of likely N-dealkylation sites (tertiary alicyclic amines) is 1. The maximum absolute atomic E-state index is 13.2. The normalized spacial score (nSPS) is 21.6. The number of ether oxygens (including phenoxy) is 1. The average Bonchev–Trinajstić information content (AvgIpc) is 3.24. The van der Waals surface area contributed by atoms with Gasteiger partial charge in [-0.05, 0) is 70.4 Å². The molecule has 33 heavy (non-hydrogen) atoms. The van der Waals surface area contributed by atoms with Crippen molar-refractivity contribution in [1.82, 2.24) is 9.80 Å². The fourth-order valence-electron chi connectivity index (χ4n) is 5.12. The number of nitrogens with one attached hydrogen (secondary N) is 1. The largest absolute Gasteiger partial charge is 0.444 e. The Balaban J connectivity index is 1.76. The molecule has 2 amide bonds. The molecule has 2 aliphatic rings. The van der Waals surface area contributed by atoms with Gasteiger partial charge in [0.1, 0.15) is 5.60 Å². The predicted molar refractivity (Wildman–Crippen MR) is 130 cm³/mol. The van der Waals surface area contributed by atoms with Crippen LogP contribution in [0.25, 0.3) is 0 Å². The lowest BCUT2D eigenvalue weighted by atomic mass is 9.79. The summed E-state index contributed by atoms with van der Waals surface area (Å²) in [4.78, 5) is 30.0. The van der Waals surface area contributed by atoms with Gasteiger partial charge in [0.25, 0.3) is 5.91 Å². The van der Waals surface area contributed by atoms with Crippen LogP contribution in [0.3, 0.4) is 0 Å². The van der Waals surface area contributed by atoms with E-state index in [0.29, 0.717) is 25.2 Å². The molecule has 2 aliphatic heterocycles. The Kier molecular flexibility index (Phi) is 6.37. The fraction of sp³-hybridized carbons (Fsp3) is 0.481. The van der Waals surface area contributed by atoms with Crippen molar-refractivity contribution in [1.29, 1.82) is 0 Å². The molecule has 3 atom stereocenters. The van der Waals surface area contributed by atoms with Crippen LogP contribution in [-0.4, -0.2) is 47.0 Å². The number of amides is 2. The summed E-state index contributed by atoms with van der Waals surface area (Å²) in [6.45, 7) is 11.6. The first-order valence-corrected chi connectivity index (χ1v) is 12.0. The van der Waals surface area contributed by atoms with Crippen molar-refractivity contribution >= 4 is 17.7 Å². The Morgan fingerprint density at radius 2 is 1.79 bits per heavy atom. The molecule has 0 spiro atoms. The first kappa shape index (κ1) is 23.1. The van der Waals surface area contributed by atoms with Gasteiger partial charge in [0.05, 0.1) is 12.1 Å². The molecule has 4 rings (SSSR count). The molecule has 0 aromatic heterocycles. The van der Waals surface area contributed by atoms with Crippen molar-refractivity contribution in [2.45, 2.75) is 58.7 Å². The van der Waals surface area contributed by atoms with Crippen LogP contribution in [0.2, 0.25) is 0 Å². The van der Waals surface area contributed by atoms with Gasteiger partial charge in [0.15, 0.2) is 0 Å². The highest BCUT2D eigenvalue weighted by atomic mass is 16.6. The summed E-state index contributed by atoms with van der Waals surface area (Å²) in [6.07, 6.45) is 0.569. The van der Waals surface area contributed by atoms with Gasteiger partial charge in [0.2, 0.25) is 0 Å². The van der Waals surface area contributed by atoms with E-state index in [1.54, 1.807) is 0 Å². The second-order valence-electron chi connectivity index (χ2n) is 9.88. The van der Waals surface area contributed by atoms with E-state index in [1.807, 2.05) is 80.8 Å². The molecule has 176 valence electrons. The van der Waals surface area contributed by atoms with Crippen molar-refractivity contribution in [3.63, 3.8) is 0 Å². The molecule has 0 bridgehead atoms. The van der Waals surface area contributed by atoms with Crippen molar-refractivity contribution < 1.29 is 14.3 Å². The van der Waals surface area contributed by atoms with Gasteiger partial charge in [-0.3, -0.25) is 4.79 Å². The molecule has 1 saturated heterocycles. The van der Waals surface area contributed by atoms with Crippen LogP contribution in [0.5, 0.6) is 0 Å². The van der Waals surface area contributed by atoms with E-state index in [0.717, 1.165) is 17.7 Å². The van der Waals surface area contributed by atoms with E-state index in [1.165, 1.54) is 5.56 Å². The second-order valence-corrected chi connectivity index (χ2v) is 9.88. The van der Waals surface area contributed by atoms with Crippen LogP contribution in [0.1, 0.15) is 74.6 Å². The molecule has 2 aromatic rings.